The maximum atomic E-state index is 13.1. The topological polar surface area (TPSA) is 94.1 Å². The highest BCUT2D eigenvalue weighted by Crippen LogP contribution is 2.18. The molecule has 1 aromatic rings. The fourth-order valence-corrected chi connectivity index (χ4v) is 2.80. The van der Waals surface area contributed by atoms with Crippen LogP contribution in [-0.4, -0.2) is 53.7 Å². The number of cyclic esters (lactones) is 1. The summed E-state index contributed by atoms with van der Waals surface area (Å²) in [5.74, 6) is -1.01. The van der Waals surface area contributed by atoms with Crippen molar-refractivity contribution in [2.24, 2.45) is 0 Å². The lowest BCUT2D eigenvalue weighted by Crippen LogP contribution is -2.46. The number of halogens is 1. The zero-order chi connectivity index (χ0) is 20.9. The normalized spacial score (nSPS) is 26.4. The maximum absolute atomic E-state index is 13.1. The van der Waals surface area contributed by atoms with E-state index in [0.29, 0.717) is 6.42 Å². The van der Waals surface area contributed by atoms with Gasteiger partial charge < -0.3 is 24.6 Å². The van der Waals surface area contributed by atoms with Gasteiger partial charge in [-0.25, -0.2) is 14.0 Å². The van der Waals surface area contributed by atoms with Gasteiger partial charge in [-0.2, -0.15) is 0 Å². The molecule has 1 amide bonds. The highest BCUT2D eigenvalue weighted by Gasteiger charge is 2.34. The fourth-order valence-electron chi connectivity index (χ4n) is 2.80. The third kappa shape index (κ3) is 6.76. The molecular formula is C20H28FNO6. The molecule has 0 aromatic heterocycles. The number of alkyl carbamates (subject to hydrolysis) is 1. The Morgan fingerprint density at radius 2 is 1.96 bits per heavy atom. The number of rotatable bonds is 3. The smallest absolute Gasteiger partial charge is 0.408 e. The van der Waals surface area contributed by atoms with Gasteiger partial charge in [-0.1, -0.05) is 12.1 Å². The van der Waals surface area contributed by atoms with E-state index in [0.717, 1.165) is 5.56 Å². The zero-order valence-electron chi connectivity index (χ0n) is 16.6. The van der Waals surface area contributed by atoms with Crippen LogP contribution < -0.4 is 5.32 Å². The molecule has 1 aliphatic heterocycles. The van der Waals surface area contributed by atoms with Crippen molar-refractivity contribution in [3.8, 4) is 0 Å². The molecule has 0 spiro atoms. The van der Waals surface area contributed by atoms with Gasteiger partial charge in [-0.3, -0.25) is 0 Å². The second-order valence-corrected chi connectivity index (χ2v) is 7.86. The molecule has 1 aromatic carbocycles. The molecule has 8 heteroatoms. The van der Waals surface area contributed by atoms with Crippen LogP contribution in [0.25, 0.3) is 0 Å². The summed E-state index contributed by atoms with van der Waals surface area (Å²) >= 11 is 0. The Morgan fingerprint density at radius 1 is 1.32 bits per heavy atom. The van der Waals surface area contributed by atoms with Crippen LogP contribution in [0, 0.1) is 5.82 Å². The molecule has 1 heterocycles. The van der Waals surface area contributed by atoms with Crippen LogP contribution in [0.2, 0.25) is 0 Å². The van der Waals surface area contributed by atoms with Gasteiger partial charge in [0.05, 0.1) is 6.10 Å². The number of hydrogen-bond donors (Lipinski definition) is 2. The van der Waals surface area contributed by atoms with E-state index in [4.69, 9.17) is 14.2 Å². The van der Waals surface area contributed by atoms with E-state index in [-0.39, 0.29) is 18.8 Å². The van der Waals surface area contributed by atoms with E-state index in [1.807, 2.05) is 0 Å². The second kappa shape index (κ2) is 9.34. The Hall–Kier alpha value is -2.19. The van der Waals surface area contributed by atoms with E-state index in [9.17, 15) is 19.1 Å². The van der Waals surface area contributed by atoms with Gasteiger partial charge in [0.2, 0.25) is 0 Å². The molecule has 28 heavy (non-hydrogen) atoms. The number of amides is 1. The number of aliphatic hydroxyl groups is 1. The molecule has 0 unspecified atom stereocenters. The van der Waals surface area contributed by atoms with Crippen molar-refractivity contribution in [3.05, 3.63) is 35.6 Å². The van der Waals surface area contributed by atoms with E-state index in [1.54, 1.807) is 39.8 Å². The molecule has 0 bridgehead atoms. The Labute approximate surface area is 164 Å². The first-order chi connectivity index (χ1) is 13.0. The molecule has 4 atom stereocenters. The number of benzene rings is 1. The van der Waals surface area contributed by atoms with Crippen molar-refractivity contribution in [2.75, 3.05) is 6.61 Å². The van der Waals surface area contributed by atoms with Crippen LogP contribution in [0.3, 0.4) is 0 Å². The molecule has 1 aliphatic rings. The van der Waals surface area contributed by atoms with E-state index < -0.39 is 42.0 Å². The van der Waals surface area contributed by atoms with Gasteiger partial charge in [-0.05, 0) is 45.4 Å². The minimum Gasteiger partial charge on any atom is -0.458 e. The summed E-state index contributed by atoms with van der Waals surface area (Å²) in [6, 6.07) is 4.94. The van der Waals surface area contributed by atoms with E-state index in [2.05, 4.69) is 5.32 Å². The molecule has 0 aliphatic carbocycles. The predicted molar refractivity (Wildman–Crippen MR) is 99.2 cm³/mol. The lowest BCUT2D eigenvalue weighted by atomic mass is 10.0. The number of nitrogens with one attached hydrogen (secondary N) is 1. The number of hydrogen-bond acceptors (Lipinski definition) is 6. The molecule has 156 valence electrons. The first-order valence-electron chi connectivity index (χ1n) is 9.29. The highest BCUT2D eigenvalue weighted by atomic mass is 19.1. The molecule has 1 fully saturated rings. The predicted octanol–water partition coefficient (Wildman–Crippen LogP) is 2.34. The number of aliphatic hydroxyl groups excluding tert-OH is 1. The van der Waals surface area contributed by atoms with Crippen LogP contribution in [-0.2, 0) is 25.4 Å². The van der Waals surface area contributed by atoms with Crippen molar-refractivity contribution >= 4 is 12.1 Å². The van der Waals surface area contributed by atoms with Crippen LogP contribution in [0.4, 0.5) is 9.18 Å². The molecule has 2 rings (SSSR count). The second-order valence-electron chi connectivity index (χ2n) is 7.86. The average molecular weight is 397 g/mol. The van der Waals surface area contributed by atoms with Crippen LogP contribution in [0.1, 0.15) is 39.7 Å². The summed E-state index contributed by atoms with van der Waals surface area (Å²) in [5.41, 5.74) is 0.0823. The maximum Gasteiger partial charge on any atom is 0.408 e. The number of carbonyl (C=O) groups excluding carboxylic acids is 2. The summed E-state index contributed by atoms with van der Waals surface area (Å²) in [7, 11) is 0. The van der Waals surface area contributed by atoms with Gasteiger partial charge in [0, 0.05) is 19.4 Å². The van der Waals surface area contributed by atoms with Crippen molar-refractivity contribution in [1.29, 1.82) is 0 Å². The molecular weight excluding hydrogens is 369 g/mol. The summed E-state index contributed by atoms with van der Waals surface area (Å²) < 4.78 is 29.3. The van der Waals surface area contributed by atoms with Crippen molar-refractivity contribution in [3.63, 3.8) is 0 Å². The molecule has 1 saturated heterocycles. The van der Waals surface area contributed by atoms with E-state index in [1.165, 1.54) is 12.1 Å². The lowest BCUT2D eigenvalue weighted by Gasteiger charge is -2.26. The molecule has 7 nitrogen and oxygen atoms in total. The lowest BCUT2D eigenvalue weighted by molar-refractivity contribution is -0.159. The van der Waals surface area contributed by atoms with Crippen LogP contribution >= 0.6 is 0 Å². The highest BCUT2D eigenvalue weighted by molar-refractivity contribution is 5.81. The third-order valence-electron chi connectivity index (χ3n) is 4.23. The first-order valence-corrected chi connectivity index (χ1v) is 9.29. The number of esters is 1. The summed E-state index contributed by atoms with van der Waals surface area (Å²) in [6.07, 6.45) is -2.81. The van der Waals surface area contributed by atoms with Crippen LogP contribution in [0.5, 0.6) is 0 Å². The summed E-state index contributed by atoms with van der Waals surface area (Å²) in [6.45, 7) is 6.83. The van der Waals surface area contributed by atoms with Gasteiger partial charge >= 0.3 is 12.1 Å². The Morgan fingerprint density at radius 3 is 2.57 bits per heavy atom. The monoisotopic (exact) mass is 397 g/mol. The number of ether oxygens (including phenoxy) is 3. The zero-order valence-corrected chi connectivity index (χ0v) is 16.6. The van der Waals surface area contributed by atoms with E-state index >= 15 is 0 Å². The SMILES string of the molecule is C[C@@H]1OC(=O)[C@@H](NC(=O)OC(C)(C)C)CCO[C@H](Cc2ccc(F)cc2)[C@H]1O. The van der Waals surface area contributed by atoms with Gasteiger partial charge in [0.25, 0.3) is 0 Å². The minimum atomic E-state index is -1.07. The fraction of sp³-hybridized carbons (Fsp3) is 0.600. The van der Waals surface area contributed by atoms with Gasteiger partial charge in [-0.15, -0.1) is 0 Å². The van der Waals surface area contributed by atoms with Crippen molar-refractivity contribution < 1.29 is 33.3 Å². The largest absolute Gasteiger partial charge is 0.458 e. The van der Waals surface area contributed by atoms with Crippen molar-refractivity contribution in [2.45, 2.75) is 70.5 Å². The summed E-state index contributed by atoms with van der Waals surface area (Å²) in [5, 5.41) is 13.0. The third-order valence-corrected chi connectivity index (χ3v) is 4.23. The average Bonchev–Trinajstić information content (AvgIpc) is 2.62. The standard InChI is InChI=1S/C20H28FNO6/c1-12-17(23)16(11-13-5-7-14(21)8-6-13)26-10-9-15(18(24)27-12)22-19(25)28-20(2,3)4/h5-8,12,15-17,23H,9-11H2,1-4H3,(H,22,25)/t12-,15-,16+,17-/m0/s1. The first kappa shape index (κ1) is 22.1. The Bertz CT molecular complexity index is 672. The molecule has 0 radical (unpaired) electrons. The Kier molecular flexibility index (Phi) is 7.37. The van der Waals surface area contributed by atoms with Crippen LogP contribution in [0.15, 0.2) is 24.3 Å². The summed E-state index contributed by atoms with van der Waals surface area (Å²) in [4.78, 5) is 24.4. The van der Waals surface area contributed by atoms with Crippen molar-refractivity contribution in [1.82, 2.24) is 5.32 Å². The van der Waals surface area contributed by atoms with Gasteiger partial charge in [0.15, 0.2) is 0 Å². The number of carbonyl (C=O) groups is 2. The van der Waals surface area contributed by atoms with Gasteiger partial charge in [0.1, 0.15) is 29.7 Å². The Balaban J connectivity index is 2.04. The minimum absolute atomic E-state index is 0.116. The molecule has 0 saturated carbocycles. The quantitative estimate of drug-likeness (QED) is 0.761. The molecule has 2 N–H and O–H groups in total.